The van der Waals surface area contributed by atoms with Crippen LogP contribution < -0.4 is 0 Å². The molecule has 1 saturated heterocycles. The molecule has 0 saturated carbocycles. The lowest BCUT2D eigenvalue weighted by Gasteiger charge is -2.22. The van der Waals surface area contributed by atoms with Gasteiger partial charge in [-0.2, -0.15) is 0 Å². The number of hydrogen-bond acceptors (Lipinski definition) is 5. The zero-order valence-electron chi connectivity index (χ0n) is 11.8. The molecule has 2 aromatic rings. The normalized spacial score (nSPS) is 18.8. The topological polar surface area (TPSA) is 95.1 Å². The van der Waals surface area contributed by atoms with E-state index in [1.165, 1.54) is 0 Å². The number of aryl methyl sites for hydroxylation is 1. The first-order valence-electron chi connectivity index (χ1n) is 6.93. The molecule has 0 aliphatic carbocycles. The zero-order valence-corrected chi connectivity index (χ0v) is 11.8. The molecular weight excluding hydrogens is 274 g/mol. The van der Waals surface area contributed by atoms with Crippen molar-refractivity contribution in [3.05, 3.63) is 18.1 Å². The van der Waals surface area contributed by atoms with Crippen LogP contribution in [0.15, 0.2) is 12.4 Å². The fourth-order valence-electron chi connectivity index (χ4n) is 2.54. The summed E-state index contributed by atoms with van der Waals surface area (Å²) in [5, 5.41) is 17.1. The van der Waals surface area contributed by atoms with Crippen LogP contribution in [0.5, 0.6) is 0 Å². The molecule has 0 aromatic carbocycles. The van der Waals surface area contributed by atoms with E-state index in [4.69, 9.17) is 4.74 Å². The monoisotopic (exact) mass is 291 g/mol. The van der Waals surface area contributed by atoms with Gasteiger partial charge >= 0.3 is 5.97 Å². The highest BCUT2D eigenvalue weighted by Crippen LogP contribution is 2.22. The van der Waals surface area contributed by atoms with Gasteiger partial charge in [-0.25, -0.2) is 14.5 Å². The minimum absolute atomic E-state index is 0.0427. The molecule has 3 heterocycles. The summed E-state index contributed by atoms with van der Waals surface area (Å²) >= 11 is 0. The Balaban J connectivity index is 1.97. The molecular formula is C13H17N5O3. The van der Waals surface area contributed by atoms with Crippen molar-refractivity contribution < 1.29 is 14.6 Å². The van der Waals surface area contributed by atoms with Gasteiger partial charge in [0.25, 0.3) is 0 Å². The van der Waals surface area contributed by atoms with E-state index in [0.717, 1.165) is 25.9 Å². The third-order valence-electron chi connectivity index (χ3n) is 3.62. The van der Waals surface area contributed by atoms with Gasteiger partial charge in [-0.05, 0) is 19.3 Å². The van der Waals surface area contributed by atoms with Crippen LogP contribution in [-0.4, -0.2) is 48.3 Å². The average Bonchev–Trinajstić information content (AvgIpc) is 3.06. The molecule has 8 heteroatoms. The number of ether oxygens (including phenoxy) is 1. The van der Waals surface area contributed by atoms with Crippen molar-refractivity contribution in [2.45, 2.75) is 31.9 Å². The summed E-state index contributed by atoms with van der Waals surface area (Å²) in [5.41, 5.74) is 0.337. The van der Waals surface area contributed by atoms with Crippen LogP contribution >= 0.6 is 0 Å². The van der Waals surface area contributed by atoms with E-state index in [9.17, 15) is 9.90 Å². The number of carbonyl (C=O) groups is 1. The summed E-state index contributed by atoms with van der Waals surface area (Å²) in [6.45, 7) is 1.23. The SMILES string of the molecule is Cn1ccnc1-c1c(C(=O)O)nnn1CC1CCCCO1. The summed E-state index contributed by atoms with van der Waals surface area (Å²) in [6.07, 6.45) is 6.55. The van der Waals surface area contributed by atoms with Gasteiger partial charge in [-0.15, -0.1) is 5.10 Å². The average molecular weight is 291 g/mol. The first-order valence-corrected chi connectivity index (χ1v) is 6.93. The highest BCUT2D eigenvalue weighted by Gasteiger charge is 2.25. The van der Waals surface area contributed by atoms with Crippen LogP contribution in [0.3, 0.4) is 0 Å². The Bertz CT molecular complexity index is 642. The van der Waals surface area contributed by atoms with Gasteiger partial charge < -0.3 is 14.4 Å². The van der Waals surface area contributed by atoms with Crippen molar-refractivity contribution in [3.63, 3.8) is 0 Å². The number of aromatic carboxylic acids is 1. The molecule has 0 bridgehead atoms. The maximum absolute atomic E-state index is 11.3. The van der Waals surface area contributed by atoms with Gasteiger partial charge in [0.2, 0.25) is 5.69 Å². The molecule has 1 aliphatic rings. The van der Waals surface area contributed by atoms with Crippen LogP contribution in [0.1, 0.15) is 29.8 Å². The molecule has 1 N–H and O–H groups in total. The fourth-order valence-corrected chi connectivity index (χ4v) is 2.54. The maximum Gasteiger partial charge on any atom is 0.358 e. The van der Waals surface area contributed by atoms with Crippen molar-refractivity contribution in [2.75, 3.05) is 6.61 Å². The second-order valence-corrected chi connectivity index (χ2v) is 5.12. The Morgan fingerprint density at radius 2 is 2.38 bits per heavy atom. The molecule has 0 radical (unpaired) electrons. The standard InChI is InChI=1S/C13H17N5O3/c1-17-6-5-14-12(17)11-10(13(19)20)15-16-18(11)8-9-4-2-3-7-21-9/h5-6,9H,2-4,7-8H2,1H3,(H,19,20). The number of rotatable bonds is 4. The summed E-state index contributed by atoms with van der Waals surface area (Å²) in [7, 11) is 1.81. The Labute approximate surface area is 121 Å². The molecule has 8 nitrogen and oxygen atoms in total. The van der Waals surface area contributed by atoms with E-state index >= 15 is 0 Å². The number of imidazole rings is 1. The number of hydrogen-bond donors (Lipinski definition) is 1. The second kappa shape index (κ2) is 5.65. The Morgan fingerprint density at radius 1 is 1.52 bits per heavy atom. The molecule has 112 valence electrons. The molecule has 1 atom stereocenters. The molecule has 2 aromatic heterocycles. The van der Waals surface area contributed by atoms with Crippen LogP contribution in [0.25, 0.3) is 11.5 Å². The summed E-state index contributed by atoms with van der Waals surface area (Å²) in [6, 6.07) is 0. The van der Waals surface area contributed by atoms with Gasteiger partial charge in [0, 0.05) is 26.0 Å². The number of nitrogens with zero attached hydrogens (tertiary/aromatic N) is 5. The predicted octanol–water partition coefficient (Wildman–Crippen LogP) is 0.946. The van der Waals surface area contributed by atoms with Crippen molar-refractivity contribution in [3.8, 4) is 11.5 Å². The van der Waals surface area contributed by atoms with Crippen LogP contribution in [0.2, 0.25) is 0 Å². The number of aromatic nitrogens is 5. The van der Waals surface area contributed by atoms with Crippen LogP contribution in [0.4, 0.5) is 0 Å². The minimum atomic E-state index is -1.11. The van der Waals surface area contributed by atoms with E-state index < -0.39 is 5.97 Å². The molecule has 1 aliphatic heterocycles. The van der Waals surface area contributed by atoms with Gasteiger partial charge in [0.05, 0.1) is 12.6 Å². The van der Waals surface area contributed by atoms with Gasteiger partial charge in [-0.3, -0.25) is 0 Å². The van der Waals surface area contributed by atoms with Crippen molar-refractivity contribution in [1.82, 2.24) is 24.5 Å². The first kappa shape index (κ1) is 13.7. The lowest BCUT2D eigenvalue weighted by atomic mass is 10.1. The second-order valence-electron chi connectivity index (χ2n) is 5.12. The molecule has 0 amide bonds. The van der Waals surface area contributed by atoms with Gasteiger partial charge in [0.15, 0.2) is 5.82 Å². The lowest BCUT2D eigenvalue weighted by Crippen LogP contribution is -2.25. The van der Waals surface area contributed by atoms with E-state index in [2.05, 4.69) is 15.3 Å². The minimum Gasteiger partial charge on any atom is -0.476 e. The quantitative estimate of drug-likeness (QED) is 0.901. The summed E-state index contributed by atoms with van der Waals surface area (Å²) in [4.78, 5) is 15.6. The largest absolute Gasteiger partial charge is 0.476 e. The first-order chi connectivity index (χ1) is 10.2. The smallest absolute Gasteiger partial charge is 0.358 e. The molecule has 1 fully saturated rings. The lowest BCUT2D eigenvalue weighted by molar-refractivity contribution is 0.00395. The van der Waals surface area contributed by atoms with Crippen LogP contribution in [-0.2, 0) is 18.3 Å². The van der Waals surface area contributed by atoms with Gasteiger partial charge in [0.1, 0.15) is 5.69 Å². The molecule has 1 unspecified atom stereocenters. The van der Waals surface area contributed by atoms with Crippen LogP contribution in [0, 0.1) is 0 Å². The Hall–Kier alpha value is -2.22. The van der Waals surface area contributed by atoms with E-state index in [0.29, 0.717) is 18.1 Å². The Kier molecular flexibility index (Phi) is 3.70. The van der Waals surface area contributed by atoms with E-state index in [1.807, 2.05) is 7.05 Å². The highest BCUT2D eigenvalue weighted by atomic mass is 16.5. The van der Waals surface area contributed by atoms with E-state index in [1.54, 1.807) is 21.6 Å². The highest BCUT2D eigenvalue weighted by molar-refractivity contribution is 5.91. The Morgan fingerprint density at radius 3 is 3.00 bits per heavy atom. The van der Waals surface area contributed by atoms with Crippen molar-refractivity contribution in [2.24, 2.45) is 7.05 Å². The third kappa shape index (κ3) is 2.66. The third-order valence-corrected chi connectivity index (χ3v) is 3.62. The number of carboxylic acid groups (broad SMARTS) is 1. The van der Waals surface area contributed by atoms with Gasteiger partial charge in [-0.1, -0.05) is 5.21 Å². The molecule has 3 rings (SSSR count). The van der Waals surface area contributed by atoms with E-state index in [-0.39, 0.29) is 11.8 Å². The summed E-state index contributed by atoms with van der Waals surface area (Å²) < 4.78 is 9.03. The fraction of sp³-hybridized carbons (Fsp3) is 0.538. The maximum atomic E-state index is 11.3. The van der Waals surface area contributed by atoms with Crippen molar-refractivity contribution in [1.29, 1.82) is 0 Å². The molecule has 0 spiro atoms. The zero-order chi connectivity index (χ0) is 14.8. The van der Waals surface area contributed by atoms with Crippen molar-refractivity contribution >= 4 is 5.97 Å². The number of carboxylic acids is 1. The predicted molar refractivity (Wildman–Crippen MR) is 72.8 cm³/mol. The molecule has 21 heavy (non-hydrogen) atoms. The summed E-state index contributed by atoms with van der Waals surface area (Å²) in [5.74, 6) is -0.572.